The first kappa shape index (κ1) is 18.0. The molecule has 3 heteroatoms. The minimum absolute atomic E-state index is 0.0563. The first-order chi connectivity index (χ1) is 14.0. The predicted octanol–water partition coefficient (Wildman–Crippen LogP) is 7.48. The Balaban J connectivity index is 1.69. The van der Waals surface area contributed by atoms with E-state index < -0.39 is 0 Å². The van der Waals surface area contributed by atoms with Gasteiger partial charge in [-0.1, -0.05) is 45.0 Å². The topological polar surface area (TPSA) is 25.8 Å². The monoisotopic (exact) mass is 394 g/mol. The first-order valence-corrected chi connectivity index (χ1v) is 10.7. The Labute approximate surface area is 174 Å². The van der Waals surface area contributed by atoms with Gasteiger partial charge in [0.25, 0.3) is 0 Å². The molecule has 5 aromatic rings. The molecule has 3 aromatic heterocycles. The van der Waals surface area contributed by atoms with Gasteiger partial charge in [-0.3, -0.25) is 9.97 Å². The second-order valence-corrected chi connectivity index (χ2v) is 9.34. The predicted molar refractivity (Wildman–Crippen MR) is 124 cm³/mol. The maximum absolute atomic E-state index is 4.71. The number of hydrogen-bond donors (Lipinski definition) is 0. The third-order valence-corrected chi connectivity index (χ3v) is 6.30. The molecule has 5 rings (SSSR count). The lowest BCUT2D eigenvalue weighted by molar-refractivity contribution is 0.596. The van der Waals surface area contributed by atoms with Crippen molar-refractivity contribution in [1.82, 2.24) is 9.97 Å². The summed E-state index contributed by atoms with van der Waals surface area (Å²) in [5.41, 5.74) is 6.94. The highest BCUT2D eigenvalue weighted by Crippen LogP contribution is 2.37. The Hall–Kier alpha value is -3.04. The normalized spacial score (nSPS) is 12.0. The molecule has 3 heterocycles. The summed E-state index contributed by atoms with van der Waals surface area (Å²) in [5, 5.41) is 4.76. The van der Waals surface area contributed by atoms with Crippen LogP contribution in [0.5, 0.6) is 0 Å². The summed E-state index contributed by atoms with van der Waals surface area (Å²) in [7, 11) is 0. The molecule has 0 atom stereocenters. The summed E-state index contributed by atoms with van der Waals surface area (Å²) >= 11 is 1.74. The molecule has 2 aromatic carbocycles. The van der Waals surface area contributed by atoms with Crippen LogP contribution < -0.4 is 0 Å². The van der Waals surface area contributed by atoms with Crippen molar-refractivity contribution < 1.29 is 0 Å². The molecule has 0 unspecified atom stereocenters. The molecule has 0 fully saturated rings. The van der Waals surface area contributed by atoms with Crippen LogP contribution in [0.25, 0.3) is 43.4 Å². The Morgan fingerprint density at radius 3 is 2.52 bits per heavy atom. The number of pyridine rings is 2. The molecule has 0 saturated carbocycles. The van der Waals surface area contributed by atoms with Gasteiger partial charge in [-0.05, 0) is 63.7 Å². The fourth-order valence-corrected chi connectivity index (χ4v) is 4.83. The third-order valence-electron chi connectivity index (χ3n) is 5.37. The number of rotatable bonds is 2. The molecule has 0 spiro atoms. The quantitative estimate of drug-likeness (QED) is 0.310. The molecular weight excluding hydrogens is 372 g/mol. The minimum atomic E-state index is 0.0563. The SMILES string of the molecule is CC(C)(C)c1cc(-c2cc(-c3csc4cccnc34)ccn2)cc2ccccc12. The van der Waals surface area contributed by atoms with Crippen LogP contribution in [0.4, 0.5) is 0 Å². The van der Waals surface area contributed by atoms with Crippen LogP contribution in [-0.4, -0.2) is 9.97 Å². The van der Waals surface area contributed by atoms with Gasteiger partial charge in [-0.15, -0.1) is 11.3 Å². The molecule has 0 radical (unpaired) electrons. The number of hydrogen-bond acceptors (Lipinski definition) is 3. The lowest BCUT2D eigenvalue weighted by atomic mass is 9.82. The second-order valence-electron chi connectivity index (χ2n) is 8.42. The third kappa shape index (κ3) is 3.22. The van der Waals surface area contributed by atoms with Crippen LogP contribution in [0.3, 0.4) is 0 Å². The molecule has 0 N–H and O–H groups in total. The van der Waals surface area contributed by atoms with E-state index in [0.717, 1.165) is 22.3 Å². The first-order valence-electron chi connectivity index (χ1n) is 9.83. The summed E-state index contributed by atoms with van der Waals surface area (Å²) in [6.45, 7) is 6.81. The molecule has 0 aliphatic carbocycles. The van der Waals surface area contributed by atoms with E-state index in [1.54, 1.807) is 11.3 Å². The van der Waals surface area contributed by atoms with E-state index in [-0.39, 0.29) is 5.41 Å². The number of fused-ring (bicyclic) bond motifs is 2. The van der Waals surface area contributed by atoms with Crippen molar-refractivity contribution in [3.63, 3.8) is 0 Å². The van der Waals surface area contributed by atoms with Gasteiger partial charge in [0.1, 0.15) is 0 Å². The number of benzene rings is 2. The zero-order valence-corrected chi connectivity index (χ0v) is 17.6. The van der Waals surface area contributed by atoms with Crippen LogP contribution in [-0.2, 0) is 5.41 Å². The van der Waals surface area contributed by atoms with E-state index in [1.165, 1.54) is 26.6 Å². The summed E-state index contributed by atoms with van der Waals surface area (Å²) in [4.78, 5) is 9.31. The second kappa shape index (κ2) is 6.78. The van der Waals surface area contributed by atoms with Crippen molar-refractivity contribution in [2.45, 2.75) is 26.2 Å². The molecule has 0 aliphatic rings. The van der Waals surface area contributed by atoms with Crippen molar-refractivity contribution in [2.75, 3.05) is 0 Å². The van der Waals surface area contributed by atoms with Gasteiger partial charge in [-0.25, -0.2) is 0 Å². The summed E-state index contributed by atoms with van der Waals surface area (Å²) in [5.74, 6) is 0. The van der Waals surface area contributed by atoms with Crippen LogP contribution in [0.1, 0.15) is 26.3 Å². The molecule has 0 bridgehead atoms. The molecule has 0 saturated heterocycles. The van der Waals surface area contributed by atoms with E-state index in [1.807, 2.05) is 18.5 Å². The Morgan fingerprint density at radius 2 is 1.66 bits per heavy atom. The van der Waals surface area contributed by atoms with Crippen LogP contribution in [0.2, 0.25) is 0 Å². The Morgan fingerprint density at radius 1 is 0.793 bits per heavy atom. The molecule has 29 heavy (non-hydrogen) atoms. The Kier molecular flexibility index (Phi) is 4.21. The number of thiophene rings is 1. The molecule has 142 valence electrons. The van der Waals surface area contributed by atoms with Gasteiger partial charge in [0.05, 0.1) is 15.9 Å². The summed E-state index contributed by atoms with van der Waals surface area (Å²) in [6.07, 6.45) is 3.77. The Bertz CT molecular complexity index is 1340. The highest BCUT2D eigenvalue weighted by molar-refractivity contribution is 7.17. The van der Waals surface area contributed by atoms with Gasteiger partial charge < -0.3 is 0 Å². The van der Waals surface area contributed by atoms with Crippen molar-refractivity contribution in [2.24, 2.45) is 0 Å². The molecular formula is C26H22N2S. The minimum Gasteiger partial charge on any atom is -0.256 e. The fraction of sp³-hybridized carbons (Fsp3) is 0.154. The van der Waals surface area contributed by atoms with Gasteiger partial charge in [0.2, 0.25) is 0 Å². The zero-order valence-electron chi connectivity index (χ0n) is 16.8. The van der Waals surface area contributed by atoms with Crippen LogP contribution in [0, 0.1) is 0 Å². The average molecular weight is 395 g/mol. The highest BCUT2D eigenvalue weighted by Gasteiger charge is 2.19. The smallest absolute Gasteiger partial charge is 0.0888 e. The standard InChI is InChI=1S/C26H22N2S/c1-26(2,3)22-14-19(13-17-7-4-5-8-20(17)22)23-15-18(10-12-27-23)21-16-29-24-9-6-11-28-25(21)24/h4-16H,1-3H3. The van der Waals surface area contributed by atoms with Crippen molar-refractivity contribution in [3.05, 3.63) is 84.0 Å². The number of nitrogens with zero attached hydrogens (tertiary/aromatic N) is 2. The van der Waals surface area contributed by atoms with Gasteiger partial charge in [-0.2, -0.15) is 0 Å². The van der Waals surface area contributed by atoms with E-state index in [0.29, 0.717) is 0 Å². The van der Waals surface area contributed by atoms with E-state index in [4.69, 9.17) is 4.98 Å². The summed E-state index contributed by atoms with van der Waals surface area (Å²) in [6, 6.07) is 21.6. The van der Waals surface area contributed by atoms with Crippen LogP contribution in [0.15, 0.2) is 78.4 Å². The van der Waals surface area contributed by atoms with Crippen molar-refractivity contribution >= 4 is 32.3 Å². The van der Waals surface area contributed by atoms with Gasteiger partial charge >= 0.3 is 0 Å². The fourth-order valence-electron chi connectivity index (χ4n) is 3.91. The van der Waals surface area contributed by atoms with Gasteiger partial charge in [0.15, 0.2) is 0 Å². The zero-order chi connectivity index (χ0) is 20.0. The average Bonchev–Trinajstić information content (AvgIpc) is 3.16. The number of aromatic nitrogens is 2. The van der Waals surface area contributed by atoms with Gasteiger partial charge in [0, 0.05) is 28.9 Å². The lowest BCUT2D eigenvalue weighted by Crippen LogP contribution is -2.12. The highest BCUT2D eigenvalue weighted by atomic mass is 32.1. The molecule has 0 aliphatic heterocycles. The van der Waals surface area contributed by atoms with E-state index >= 15 is 0 Å². The molecule has 2 nitrogen and oxygen atoms in total. The van der Waals surface area contributed by atoms with Crippen molar-refractivity contribution in [3.8, 4) is 22.4 Å². The lowest BCUT2D eigenvalue weighted by Gasteiger charge is -2.22. The van der Waals surface area contributed by atoms with Crippen molar-refractivity contribution in [1.29, 1.82) is 0 Å². The summed E-state index contributed by atoms with van der Waals surface area (Å²) < 4.78 is 1.21. The molecule has 0 amide bonds. The van der Waals surface area contributed by atoms with E-state index in [9.17, 15) is 0 Å². The maximum atomic E-state index is 4.71. The van der Waals surface area contributed by atoms with E-state index in [2.05, 4.69) is 85.7 Å². The van der Waals surface area contributed by atoms with Crippen LogP contribution >= 0.6 is 11.3 Å². The largest absolute Gasteiger partial charge is 0.256 e. The maximum Gasteiger partial charge on any atom is 0.0888 e.